The van der Waals surface area contributed by atoms with Crippen molar-refractivity contribution in [2.45, 2.75) is 39.2 Å². The van der Waals surface area contributed by atoms with Crippen LogP contribution in [0.4, 0.5) is 5.69 Å². The maximum atomic E-state index is 12.3. The summed E-state index contributed by atoms with van der Waals surface area (Å²) in [6, 6.07) is 14.0. The maximum Gasteiger partial charge on any atom is 0.227 e. The number of hydrogen-bond acceptors (Lipinski definition) is 5. The van der Waals surface area contributed by atoms with Gasteiger partial charge >= 0.3 is 0 Å². The molecule has 0 radical (unpaired) electrons. The number of anilines is 1. The van der Waals surface area contributed by atoms with E-state index in [0.717, 1.165) is 46.8 Å². The summed E-state index contributed by atoms with van der Waals surface area (Å²) in [5.41, 5.74) is 3.75. The van der Waals surface area contributed by atoms with Crippen molar-refractivity contribution in [1.29, 1.82) is 0 Å². The fraction of sp³-hybridized carbons (Fsp3) is 0.333. The maximum absolute atomic E-state index is 12.3. The third-order valence-electron chi connectivity index (χ3n) is 4.77. The molecule has 1 amide bonds. The van der Waals surface area contributed by atoms with Gasteiger partial charge in [0.2, 0.25) is 5.91 Å². The number of aromatic nitrogens is 4. The first-order chi connectivity index (χ1) is 13.6. The molecule has 1 N–H and O–H groups in total. The van der Waals surface area contributed by atoms with Crippen molar-refractivity contribution in [2.24, 2.45) is 0 Å². The summed E-state index contributed by atoms with van der Waals surface area (Å²) in [6.45, 7) is 4.34. The van der Waals surface area contributed by atoms with Crippen molar-refractivity contribution >= 4 is 11.6 Å². The van der Waals surface area contributed by atoms with Crippen LogP contribution >= 0.6 is 0 Å². The van der Waals surface area contributed by atoms with Crippen LogP contribution in [0, 0.1) is 13.8 Å². The van der Waals surface area contributed by atoms with Crippen LogP contribution in [0.5, 0.6) is 5.75 Å². The highest BCUT2D eigenvalue weighted by molar-refractivity contribution is 5.91. The van der Waals surface area contributed by atoms with Gasteiger partial charge in [-0.05, 0) is 60.4 Å². The van der Waals surface area contributed by atoms with Gasteiger partial charge in [0.15, 0.2) is 5.82 Å². The zero-order valence-electron chi connectivity index (χ0n) is 16.1. The molecule has 0 aliphatic heterocycles. The SMILES string of the molecule is Cc1cccc(C)c1OCCC(=O)Nc1cccc(-c2nnnn2C2CC2)c1. The lowest BCUT2D eigenvalue weighted by Gasteiger charge is -2.12. The Bertz CT molecular complexity index is 974. The van der Waals surface area contributed by atoms with E-state index >= 15 is 0 Å². The third-order valence-corrected chi connectivity index (χ3v) is 4.77. The molecule has 0 atom stereocenters. The van der Waals surface area contributed by atoms with E-state index in [4.69, 9.17) is 4.74 Å². The smallest absolute Gasteiger partial charge is 0.227 e. The zero-order valence-corrected chi connectivity index (χ0v) is 16.1. The Morgan fingerprint density at radius 2 is 1.93 bits per heavy atom. The lowest BCUT2D eigenvalue weighted by Crippen LogP contribution is -2.15. The first kappa shape index (κ1) is 18.2. The predicted octanol–water partition coefficient (Wildman–Crippen LogP) is 3.70. The van der Waals surface area contributed by atoms with Crippen molar-refractivity contribution in [3.05, 3.63) is 53.6 Å². The lowest BCUT2D eigenvalue weighted by molar-refractivity contribution is -0.116. The number of carbonyl (C=O) groups excluding carboxylic acids is 1. The number of para-hydroxylation sites is 1. The summed E-state index contributed by atoms with van der Waals surface area (Å²) in [5.74, 6) is 1.49. The van der Waals surface area contributed by atoms with Crippen LogP contribution in [0.3, 0.4) is 0 Å². The highest BCUT2D eigenvalue weighted by Crippen LogP contribution is 2.36. The molecule has 7 heteroatoms. The molecular formula is C21H23N5O2. The summed E-state index contributed by atoms with van der Waals surface area (Å²) in [7, 11) is 0. The van der Waals surface area contributed by atoms with Crippen LogP contribution in [0.15, 0.2) is 42.5 Å². The molecule has 0 unspecified atom stereocenters. The largest absolute Gasteiger partial charge is 0.493 e. The molecule has 1 fully saturated rings. The molecule has 7 nitrogen and oxygen atoms in total. The van der Waals surface area contributed by atoms with E-state index in [1.54, 1.807) is 0 Å². The average molecular weight is 377 g/mol. The minimum Gasteiger partial charge on any atom is -0.493 e. The quantitative estimate of drug-likeness (QED) is 0.679. The topological polar surface area (TPSA) is 81.9 Å². The number of tetrazole rings is 1. The standard InChI is InChI=1S/C21H23N5O2/c1-14-5-3-6-15(2)20(14)28-12-11-19(27)22-17-8-4-7-16(13-17)21-23-24-25-26(21)18-9-10-18/h3-8,13,18H,9-12H2,1-2H3,(H,22,27). The Labute approximate surface area is 163 Å². The van der Waals surface area contributed by atoms with E-state index in [-0.39, 0.29) is 12.3 Å². The molecule has 2 aromatic carbocycles. The van der Waals surface area contributed by atoms with Crippen LogP contribution in [-0.2, 0) is 4.79 Å². The van der Waals surface area contributed by atoms with Crippen molar-refractivity contribution in [3.63, 3.8) is 0 Å². The Balaban J connectivity index is 1.36. The molecule has 1 aliphatic carbocycles. The van der Waals surface area contributed by atoms with Gasteiger partial charge in [0, 0.05) is 11.3 Å². The zero-order chi connectivity index (χ0) is 19.5. The van der Waals surface area contributed by atoms with Gasteiger partial charge in [-0.2, -0.15) is 0 Å². The lowest BCUT2D eigenvalue weighted by atomic mass is 10.1. The van der Waals surface area contributed by atoms with E-state index in [1.165, 1.54) is 0 Å². The fourth-order valence-corrected chi connectivity index (χ4v) is 3.18. The average Bonchev–Trinajstić information content (AvgIpc) is 3.41. The van der Waals surface area contributed by atoms with Gasteiger partial charge in [0.05, 0.1) is 19.1 Å². The first-order valence-electron chi connectivity index (χ1n) is 9.49. The van der Waals surface area contributed by atoms with Gasteiger partial charge in [-0.3, -0.25) is 4.79 Å². The molecule has 0 bridgehead atoms. The number of rotatable bonds is 7. The Morgan fingerprint density at radius 3 is 2.68 bits per heavy atom. The first-order valence-corrected chi connectivity index (χ1v) is 9.49. The second-order valence-electron chi connectivity index (χ2n) is 7.13. The van der Waals surface area contributed by atoms with E-state index in [0.29, 0.717) is 12.6 Å². The molecular weight excluding hydrogens is 354 g/mol. The minimum atomic E-state index is -0.0924. The molecule has 0 saturated heterocycles. The molecule has 144 valence electrons. The molecule has 28 heavy (non-hydrogen) atoms. The molecule has 0 spiro atoms. The monoisotopic (exact) mass is 377 g/mol. The van der Waals surface area contributed by atoms with Gasteiger partial charge in [0.1, 0.15) is 5.75 Å². The van der Waals surface area contributed by atoms with Gasteiger partial charge < -0.3 is 10.1 Å². The number of hydrogen-bond donors (Lipinski definition) is 1. The van der Waals surface area contributed by atoms with Gasteiger partial charge in [0.25, 0.3) is 0 Å². The third kappa shape index (κ3) is 4.03. The van der Waals surface area contributed by atoms with Crippen molar-refractivity contribution in [2.75, 3.05) is 11.9 Å². The van der Waals surface area contributed by atoms with Crippen LogP contribution in [0.25, 0.3) is 11.4 Å². The highest BCUT2D eigenvalue weighted by Gasteiger charge is 2.28. The number of carbonyl (C=O) groups is 1. The molecule has 4 rings (SSSR count). The van der Waals surface area contributed by atoms with E-state index in [9.17, 15) is 4.79 Å². The van der Waals surface area contributed by atoms with Gasteiger partial charge in [-0.15, -0.1) is 5.10 Å². The fourth-order valence-electron chi connectivity index (χ4n) is 3.18. The van der Waals surface area contributed by atoms with Crippen LogP contribution in [0.2, 0.25) is 0 Å². The summed E-state index contributed by atoms with van der Waals surface area (Å²) in [4.78, 5) is 12.3. The second kappa shape index (κ2) is 7.80. The summed E-state index contributed by atoms with van der Waals surface area (Å²) < 4.78 is 7.68. The number of ether oxygens (including phenoxy) is 1. The normalized spacial score (nSPS) is 13.4. The molecule has 1 heterocycles. The number of nitrogens with one attached hydrogen (secondary N) is 1. The van der Waals surface area contributed by atoms with Crippen LogP contribution in [0.1, 0.15) is 36.4 Å². The Hall–Kier alpha value is -3.22. The number of nitrogens with zero attached hydrogens (tertiary/aromatic N) is 4. The minimum absolute atomic E-state index is 0.0924. The second-order valence-corrected chi connectivity index (χ2v) is 7.13. The van der Waals surface area contributed by atoms with E-state index < -0.39 is 0 Å². The number of benzene rings is 2. The number of aryl methyl sites for hydroxylation is 2. The van der Waals surface area contributed by atoms with Crippen LogP contribution < -0.4 is 10.1 Å². The van der Waals surface area contributed by atoms with Crippen molar-refractivity contribution in [3.8, 4) is 17.1 Å². The Kier molecular flexibility index (Phi) is 5.06. The van der Waals surface area contributed by atoms with Gasteiger partial charge in [-0.25, -0.2) is 4.68 Å². The molecule has 3 aromatic rings. The van der Waals surface area contributed by atoms with Crippen molar-refractivity contribution in [1.82, 2.24) is 20.2 Å². The van der Waals surface area contributed by atoms with Gasteiger partial charge in [-0.1, -0.05) is 30.3 Å². The molecule has 1 aliphatic rings. The summed E-state index contributed by atoms with van der Waals surface area (Å²) >= 11 is 0. The molecule has 1 saturated carbocycles. The summed E-state index contributed by atoms with van der Waals surface area (Å²) in [6.07, 6.45) is 2.49. The van der Waals surface area contributed by atoms with E-state index in [1.807, 2.05) is 61.0 Å². The highest BCUT2D eigenvalue weighted by atomic mass is 16.5. The predicted molar refractivity (Wildman–Crippen MR) is 106 cm³/mol. The van der Waals surface area contributed by atoms with E-state index in [2.05, 4.69) is 20.8 Å². The molecule has 1 aromatic heterocycles. The number of amides is 1. The summed E-state index contributed by atoms with van der Waals surface area (Å²) in [5, 5.41) is 14.9. The Morgan fingerprint density at radius 1 is 1.18 bits per heavy atom. The van der Waals surface area contributed by atoms with Crippen LogP contribution in [-0.4, -0.2) is 32.7 Å². The van der Waals surface area contributed by atoms with Crippen molar-refractivity contribution < 1.29 is 9.53 Å².